The lowest BCUT2D eigenvalue weighted by Gasteiger charge is -2.33. The quantitative estimate of drug-likeness (QED) is 0.648. The lowest BCUT2D eigenvalue weighted by molar-refractivity contribution is 0.198. The van der Waals surface area contributed by atoms with Crippen molar-refractivity contribution in [1.29, 1.82) is 0 Å². The Bertz CT molecular complexity index is 929. The second-order valence-corrected chi connectivity index (χ2v) is 7.22. The summed E-state index contributed by atoms with van der Waals surface area (Å²) in [6, 6.07) is 14.8. The molecule has 0 N–H and O–H groups in total. The van der Waals surface area contributed by atoms with Gasteiger partial charge in [-0.25, -0.2) is 4.39 Å². The number of likely N-dealkylation sites (tertiary alicyclic amines) is 1. The van der Waals surface area contributed by atoms with Gasteiger partial charge in [0.05, 0.1) is 18.5 Å². The van der Waals surface area contributed by atoms with E-state index in [1.54, 1.807) is 25.6 Å². The van der Waals surface area contributed by atoms with Gasteiger partial charge in [0, 0.05) is 37.0 Å². The normalized spacial score (nSPS) is 17.4. The van der Waals surface area contributed by atoms with E-state index in [-0.39, 0.29) is 5.82 Å². The van der Waals surface area contributed by atoms with Crippen LogP contribution in [-0.2, 0) is 6.54 Å². The van der Waals surface area contributed by atoms with Crippen LogP contribution in [0, 0.1) is 5.82 Å². The number of hydrogen-bond donors (Lipinski definition) is 0. The average Bonchev–Trinajstić information content (AvgIpc) is 2.74. The molecule has 1 atom stereocenters. The van der Waals surface area contributed by atoms with Gasteiger partial charge >= 0.3 is 0 Å². The summed E-state index contributed by atoms with van der Waals surface area (Å²) in [7, 11) is 1.68. The molecule has 0 unspecified atom stereocenters. The highest BCUT2D eigenvalue weighted by Gasteiger charge is 2.25. The molecule has 28 heavy (non-hydrogen) atoms. The summed E-state index contributed by atoms with van der Waals surface area (Å²) >= 11 is 0. The van der Waals surface area contributed by atoms with Crippen LogP contribution in [0.2, 0.25) is 0 Å². The van der Waals surface area contributed by atoms with Crippen molar-refractivity contribution in [1.82, 2.24) is 14.9 Å². The fraction of sp³-hybridized carbons (Fsp3) is 0.304. The third-order valence-electron chi connectivity index (χ3n) is 5.28. The Hall–Kier alpha value is -2.79. The van der Waals surface area contributed by atoms with Crippen LogP contribution >= 0.6 is 0 Å². The lowest BCUT2D eigenvalue weighted by Crippen LogP contribution is -2.34. The fourth-order valence-electron chi connectivity index (χ4n) is 3.92. The number of piperidine rings is 1. The minimum absolute atomic E-state index is 0.251. The molecule has 0 radical (unpaired) electrons. The Morgan fingerprint density at radius 3 is 2.71 bits per heavy atom. The van der Waals surface area contributed by atoms with Gasteiger partial charge in [-0.1, -0.05) is 24.3 Å². The highest BCUT2D eigenvalue weighted by atomic mass is 19.1. The van der Waals surface area contributed by atoms with Gasteiger partial charge < -0.3 is 4.74 Å². The van der Waals surface area contributed by atoms with E-state index in [4.69, 9.17) is 4.74 Å². The maximum Gasteiger partial charge on any atom is 0.123 e. The average molecular weight is 377 g/mol. The maximum absolute atomic E-state index is 13.7. The highest BCUT2D eigenvalue weighted by Crippen LogP contribution is 2.32. The molecule has 0 spiro atoms. The second-order valence-electron chi connectivity index (χ2n) is 7.22. The molecule has 1 aromatic heterocycles. The third kappa shape index (κ3) is 4.20. The number of hydrogen-bond acceptors (Lipinski definition) is 4. The van der Waals surface area contributed by atoms with Gasteiger partial charge in [0.2, 0.25) is 0 Å². The second kappa shape index (κ2) is 8.48. The van der Waals surface area contributed by atoms with Crippen molar-refractivity contribution in [2.45, 2.75) is 25.3 Å². The summed E-state index contributed by atoms with van der Waals surface area (Å²) in [4.78, 5) is 11.6. The number of nitrogens with zero attached hydrogens (tertiary/aromatic N) is 3. The Morgan fingerprint density at radius 2 is 1.93 bits per heavy atom. The van der Waals surface area contributed by atoms with Crippen molar-refractivity contribution in [3.63, 3.8) is 0 Å². The molecule has 0 aliphatic carbocycles. The van der Waals surface area contributed by atoms with Crippen molar-refractivity contribution in [2.24, 2.45) is 0 Å². The first-order chi connectivity index (χ1) is 13.7. The number of ether oxygens (including phenoxy) is 1. The molecule has 1 saturated heterocycles. The van der Waals surface area contributed by atoms with Crippen LogP contribution in [0.4, 0.5) is 4.39 Å². The molecule has 3 aromatic rings. The topological polar surface area (TPSA) is 38.2 Å². The smallest absolute Gasteiger partial charge is 0.123 e. The summed E-state index contributed by atoms with van der Waals surface area (Å²) in [5.74, 6) is 0.914. The minimum Gasteiger partial charge on any atom is -0.497 e. The van der Waals surface area contributed by atoms with Crippen LogP contribution in [0.25, 0.3) is 11.3 Å². The summed E-state index contributed by atoms with van der Waals surface area (Å²) in [5.41, 5.74) is 3.81. The molecule has 0 amide bonds. The molecular formula is C23H24FN3O. The minimum atomic E-state index is -0.251. The predicted molar refractivity (Wildman–Crippen MR) is 108 cm³/mol. The monoisotopic (exact) mass is 377 g/mol. The summed E-state index contributed by atoms with van der Waals surface area (Å²) < 4.78 is 19.0. The number of halogens is 1. The zero-order valence-corrected chi connectivity index (χ0v) is 16.0. The van der Waals surface area contributed by atoms with E-state index in [0.29, 0.717) is 5.92 Å². The van der Waals surface area contributed by atoms with E-state index in [1.807, 2.05) is 18.2 Å². The highest BCUT2D eigenvalue weighted by molar-refractivity contribution is 5.62. The molecule has 2 aromatic carbocycles. The number of rotatable bonds is 5. The zero-order chi connectivity index (χ0) is 19.3. The lowest BCUT2D eigenvalue weighted by atomic mass is 9.91. The van der Waals surface area contributed by atoms with E-state index in [0.717, 1.165) is 55.2 Å². The van der Waals surface area contributed by atoms with Crippen LogP contribution < -0.4 is 4.74 Å². The van der Waals surface area contributed by atoms with Gasteiger partial charge in [-0.3, -0.25) is 14.9 Å². The first-order valence-electron chi connectivity index (χ1n) is 9.65. The van der Waals surface area contributed by atoms with E-state index >= 15 is 0 Å². The van der Waals surface area contributed by atoms with Gasteiger partial charge in [-0.15, -0.1) is 0 Å². The molecule has 1 aliphatic heterocycles. The van der Waals surface area contributed by atoms with E-state index in [9.17, 15) is 4.39 Å². The van der Waals surface area contributed by atoms with Gasteiger partial charge in [0.25, 0.3) is 0 Å². The molecule has 4 nitrogen and oxygen atoms in total. The third-order valence-corrected chi connectivity index (χ3v) is 5.28. The van der Waals surface area contributed by atoms with Crippen molar-refractivity contribution >= 4 is 0 Å². The Morgan fingerprint density at radius 1 is 1.11 bits per heavy atom. The number of benzene rings is 2. The SMILES string of the molecule is COc1ccc(CN2CCC[C@H](c3nccnc3-c3cccc(F)c3)C2)cc1. The van der Waals surface area contributed by atoms with Crippen LogP contribution in [0.5, 0.6) is 5.75 Å². The molecular weight excluding hydrogens is 353 g/mol. The first kappa shape index (κ1) is 18.6. The molecule has 1 fully saturated rings. The van der Waals surface area contributed by atoms with Crippen LogP contribution in [-0.4, -0.2) is 35.1 Å². The Balaban J connectivity index is 1.53. The molecule has 0 bridgehead atoms. The van der Waals surface area contributed by atoms with Gasteiger partial charge in [-0.2, -0.15) is 0 Å². The Kier molecular flexibility index (Phi) is 5.63. The van der Waals surface area contributed by atoms with E-state index < -0.39 is 0 Å². The molecule has 4 rings (SSSR count). The van der Waals surface area contributed by atoms with Gasteiger partial charge in [0.15, 0.2) is 0 Å². The summed E-state index contributed by atoms with van der Waals surface area (Å²) in [6.07, 6.45) is 5.60. The van der Waals surface area contributed by atoms with Crippen LogP contribution in [0.3, 0.4) is 0 Å². The standard InChI is InChI=1S/C23H24FN3O/c1-28-21-9-7-17(8-10-21)15-27-13-3-5-19(16-27)23-22(25-11-12-26-23)18-4-2-6-20(24)14-18/h2,4,6-12,14,19H,3,5,13,15-16H2,1H3/t19-/m0/s1. The Labute approximate surface area is 165 Å². The summed E-state index contributed by atoms with van der Waals surface area (Å²) in [6.45, 7) is 2.89. The van der Waals surface area contributed by atoms with Crippen molar-refractivity contribution in [2.75, 3.05) is 20.2 Å². The molecule has 0 saturated carbocycles. The van der Waals surface area contributed by atoms with Gasteiger partial charge in [-0.05, 0) is 49.2 Å². The summed E-state index contributed by atoms with van der Waals surface area (Å²) in [5, 5.41) is 0. The molecule has 5 heteroatoms. The zero-order valence-electron chi connectivity index (χ0n) is 16.0. The maximum atomic E-state index is 13.7. The number of methoxy groups -OCH3 is 1. The number of aromatic nitrogens is 2. The largest absolute Gasteiger partial charge is 0.497 e. The van der Waals surface area contributed by atoms with Crippen molar-refractivity contribution in [3.8, 4) is 17.0 Å². The predicted octanol–water partition coefficient (Wildman–Crippen LogP) is 4.67. The fourth-order valence-corrected chi connectivity index (χ4v) is 3.92. The van der Waals surface area contributed by atoms with Crippen molar-refractivity contribution < 1.29 is 9.13 Å². The van der Waals surface area contributed by atoms with E-state index in [1.165, 1.54) is 17.7 Å². The first-order valence-corrected chi connectivity index (χ1v) is 9.65. The molecule has 144 valence electrons. The van der Waals surface area contributed by atoms with Crippen molar-refractivity contribution in [3.05, 3.63) is 78.0 Å². The van der Waals surface area contributed by atoms with Crippen LogP contribution in [0.15, 0.2) is 60.9 Å². The van der Waals surface area contributed by atoms with Gasteiger partial charge in [0.1, 0.15) is 11.6 Å². The molecule has 2 heterocycles. The molecule has 1 aliphatic rings. The van der Waals surface area contributed by atoms with Crippen LogP contribution in [0.1, 0.15) is 30.0 Å². The van der Waals surface area contributed by atoms with E-state index in [2.05, 4.69) is 27.0 Å².